The SMILES string of the molecule is O=C1NC(=O)C(C(c2cnn(-c3cccc(F)c3)c2)S(=O)O)S1. The largest absolute Gasteiger partial charge is 0.306 e. The highest BCUT2D eigenvalue weighted by molar-refractivity contribution is 8.15. The lowest BCUT2D eigenvalue weighted by atomic mass is 10.2. The summed E-state index contributed by atoms with van der Waals surface area (Å²) in [5, 5.41) is 3.41. The van der Waals surface area contributed by atoms with E-state index in [2.05, 4.69) is 10.4 Å². The summed E-state index contributed by atoms with van der Waals surface area (Å²) in [4.78, 5) is 23.0. The number of carbonyl (C=O) groups is 2. The first-order chi connectivity index (χ1) is 11.0. The van der Waals surface area contributed by atoms with Crippen LogP contribution in [0.2, 0.25) is 0 Å². The smallest absolute Gasteiger partial charge is 0.286 e. The van der Waals surface area contributed by atoms with E-state index >= 15 is 0 Å². The van der Waals surface area contributed by atoms with Crippen LogP contribution in [-0.2, 0) is 15.9 Å². The number of imide groups is 1. The van der Waals surface area contributed by atoms with Crippen LogP contribution in [0.3, 0.4) is 0 Å². The fraction of sp³-hybridized carbons (Fsp3) is 0.154. The van der Waals surface area contributed by atoms with E-state index in [0.29, 0.717) is 23.0 Å². The molecule has 3 atom stereocenters. The summed E-state index contributed by atoms with van der Waals surface area (Å²) in [6.45, 7) is 0. The van der Waals surface area contributed by atoms with Crippen molar-refractivity contribution >= 4 is 34.0 Å². The molecule has 2 amide bonds. The molecule has 23 heavy (non-hydrogen) atoms. The summed E-state index contributed by atoms with van der Waals surface area (Å²) in [6, 6.07) is 5.66. The monoisotopic (exact) mass is 355 g/mol. The number of rotatable bonds is 4. The Hall–Kier alpha value is -2.04. The Balaban J connectivity index is 1.94. The fourth-order valence-electron chi connectivity index (χ4n) is 2.21. The third-order valence-electron chi connectivity index (χ3n) is 3.21. The average Bonchev–Trinajstić information content (AvgIpc) is 3.07. The summed E-state index contributed by atoms with van der Waals surface area (Å²) in [5.41, 5.74) is 0.732. The quantitative estimate of drug-likeness (QED) is 0.809. The van der Waals surface area contributed by atoms with Crippen LogP contribution in [0.4, 0.5) is 9.18 Å². The first kappa shape index (κ1) is 15.8. The molecule has 7 nitrogen and oxygen atoms in total. The predicted octanol–water partition coefficient (Wildman–Crippen LogP) is 1.63. The Bertz CT molecular complexity index is 810. The lowest BCUT2D eigenvalue weighted by molar-refractivity contribution is -0.119. The van der Waals surface area contributed by atoms with Gasteiger partial charge >= 0.3 is 0 Å². The normalized spacial score (nSPS) is 20.3. The molecule has 2 N–H and O–H groups in total. The molecule has 1 aromatic carbocycles. The summed E-state index contributed by atoms with van der Waals surface area (Å²) < 4.78 is 35.8. The first-order valence-electron chi connectivity index (χ1n) is 6.37. The van der Waals surface area contributed by atoms with E-state index in [1.165, 1.54) is 35.3 Å². The number of benzene rings is 1. The Labute approximate surface area is 136 Å². The van der Waals surface area contributed by atoms with Gasteiger partial charge in [-0.3, -0.25) is 14.9 Å². The van der Waals surface area contributed by atoms with Crippen molar-refractivity contribution in [3.8, 4) is 5.69 Å². The minimum atomic E-state index is -2.39. The van der Waals surface area contributed by atoms with E-state index in [4.69, 9.17) is 0 Å². The van der Waals surface area contributed by atoms with Gasteiger partial charge in [-0.2, -0.15) is 5.10 Å². The highest BCUT2D eigenvalue weighted by Crippen LogP contribution is 2.35. The third kappa shape index (κ3) is 3.19. The van der Waals surface area contributed by atoms with E-state index in [9.17, 15) is 22.7 Å². The van der Waals surface area contributed by atoms with Crippen LogP contribution in [-0.4, -0.2) is 34.9 Å². The molecular formula is C13H10FN3O4S2. The number of amides is 2. The molecule has 2 aromatic rings. The van der Waals surface area contributed by atoms with Crippen molar-refractivity contribution in [3.63, 3.8) is 0 Å². The van der Waals surface area contributed by atoms with E-state index < -0.39 is 38.5 Å². The van der Waals surface area contributed by atoms with Crippen molar-refractivity contribution < 1.29 is 22.7 Å². The van der Waals surface area contributed by atoms with Crippen molar-refractivity contribution in [1.82, 2.24) is 15.1 Å². The number of halogens is 1. The van der Waals surface area contributed by atoms with Crippen LogP contribution >= 0.6 is 11.8 Å². The summed E-state index contributed by atoms with van der Waals surface area (Å²) in [7, 11) is 0. The predicted molar refractivity (Wildman–Crippen MR) is 82.0 cm³/mol. The zero-order chi connectivity index (χ0) is 16.6. The van der Waals surface area contributed by atoms with Crippen LogP contribution in [0.25, 0.3) is 5.69 Å². The van der Waals surface area contributed by atoms with Gasteiger partial charge in [-0.25, -0.2) is 13.3 Å². The molecule has 0 radical (unpaired) electrons. The maximum atomic E-state index is 13.3. The summed E-state index contributed by atoms with van der Waals surface area (Å²) in [5.74, 6) is -1.07. The lowest BCUT2D eigenvalue weighted by Gasteiger charge is -2.14. The van der Waals surface area contributed by atoms with Crippen molar-refractivity contribution in [2.24, 2.45) is 0 Å². The minimum Gasteiger partial charge on any atom is -0.306 e. The van der Waals surface area contributed by atoms with Crippen LogP contribution < -0.4 is 5.32 Å². The molecule has 3 unspecified atom stereocenters. The van der Waals surface area contributed by atoms with Gasteiger partial charge < -0.3 is 4.55 Å². The maximum absolute atomic E-state index is 13.3. The Kier molecular flexibility index (Phi) is 4.28. The van der Waals surface area contributed by atoms with E-state index in [1.54, 1.807) is 6.07 Å². The van der Waals surface area contributed by atoms with E-state index in [1.807, 2.05) is 0 Å². The number of hydrogen-bond acceptors (Lipinski definition) is 5. The number of aromatic nitrogens is 2. The molecule has 1 saturated heterocycles. The second kappa shape index (κ2) is 6.22. The third-order valence-corrected chi connectivity index (χ3v) is 5.42. The standard InChI is InChI=1S/C13H10FN3O4S2/c14-8-2-1-3-9(4-8)17-6-7(5-15-17)11(23(20)21)10-12(18)16-13(19)22-10/h1-6,10-11H,(H,20,21)(H,16,18,19). The van der Waals surface area contributed by atoms with Gasteiger partial charge in [-0.05, 0) is 30.0 Å². The first-order valence-corrected chi connectivity index (χ1v) is 8.42. The van der Waals surface area contributed by atoms with Gasteiger partial charge in [0.2, 0.25) is 5.91 Å². The Morgan fingerprint density at radius 2 is 2.22 bits per heavy atom. The molecule has 1 aromatic heterocycles. The molecule has 120 valence electrons. The minimum absolute atomic E-state index is 0.303. The number of nitrogens with zero attached hydrogens (tertiary/aromatic N) is 2. The second-order valence-electron chi connectivity index (χ2n) is 4.71. The number of hydrogen-bond donors (Lipinski definition) is 2. The molecule has 0 saturated carbocycles. The molecule has 1 fully saturated rings. The summed E-state index contributed by atoms with van der Waals surface area (Å²) >= 11 is -1.73. The average molecular weight is 355 g/mol. The highest BCUT2D eigenvalue weighted by atomic mass is 32.2. The van der Waals surface area contributed by atoms with Crippen molar-refractivity contribution in [1.29, 1.82) is 0 Å². The molecule has 0 bridgehead atoms. The van der Waals surface area contributed by atoms with Crippen LogP contribution in [0, 0.1) is 5.82 Å². The molecular weight excluding hydrogens is 345 g/mol. The molecule has 0 spiro atoms. The van der Waals surface area contributed by atoms with Crippen LogP contribution in [0.5, 0.6) is 0 Å². The van der Waals surface area contributed by atoms with Gasteiger partial charge in [0.25, 0.3) is 5.24 Å². The molecule has 2 heterocycles. The van der Waals surface area contributed by atoms with Crippen LogP contribution in [0.1, 0.15) is 10.8 Å². The van der Waals surface area contributed by atoms with Gasteiger partial charge in [0.05, 0.1) is 11.9 Å². The van der Waals surface area contributed by atoms with Gasteiger partial charge in [-0.15, -0.1) is 0 Å². The van der Waals surface area contributed by atoms with Crippen molar-refractivity contribution in [2.75, 3.05) is 0 Å². The molecule has 0 aliphatic carbocycles. The number of carbonyl (C=O) groups excluding carboxylic acids is 2. The van der Waals surface area contributed by atoms with Crippen LogP contribution in [0.15, 0.2) is 36.7 Å². The maximum Gasteiger partial charge on any atom is 0.286 e. The van der Waals surface area contributed by atoms with Crippen molar-refractivity contribution in [3.05, 3.63) is 48.0 Å². The van der Waals surface area contributed by atoms with Gasteiger partial charge in [0.15, 0.2) is 11.1 Å². The van der Waals surface area contributed by atoms with E-state index in [-0.39, 0.29) is 0 Å². The van der Waals surface area contributed by atoms with Crippen molar-refractivity contribution in [2.45, 2.75) is 10.5 Å². The van der Waals surface area contributed by atoms with Gasteiger partial charge in [0.1, 0.15) is 16.3 Å². The van der Waals surface area contributed by atoms with E-state index in [0.717, 1.165) is 0 Å². The highest BCUT2D eigenvalue weighted by Gasteiger charge is 2.42. The molecule has 10 heteroatoms. The molecule has 1 aliphatic heterocycles. The van der Waals surface area contributed by atoms with Gasteiger partial charge in [0, 0.05) is 11.8 Å². The zero-order valence-electron chi connectivity index (χ0n) is 11.4. The number of nitrogens with one attached hydrogen (secondary N) is 1. The van der Waals surface area contributed by atoms with Gasteiger partial charge in [-0.1, -0.05) is 6.07 Å². The topological polar surface area (TPSA) is 101 Å². The number of thioether (sulfide) groups is 1. The second-order valence-corrected chi connectivity index (χ2v) is 6.88. The molecule has 3 rings (SSSR count). The zero-order valence-corrected chi connectivity index (χ0v) is 13.0. The lowest BCUT2D eigenvalue weighted by Crippen LogP contribution is -2.30. The fourth-order valence-corrected chi connectivity index (χ4v) is 4.19. The Morgan fingerprint density at radius 3 is 2.83 bits per heavy atom. The Morgan fingerprint density at radius 1 is 1.43 bits per heavy atom. The molecule has 1 aliphatic rings. The summed E-state index contributed by atoms with van der Waals surface area (Å²) in [6.07, 6.45) is 2.75.